The SMILES string of the molecule is CCn1cc(C(N)c2ncc[nH]2)cn1. The first kappa shape index (κ1) is 8.96. The largest absolute Gasteiger partial charge is 0.347 e. The maximum Gasteiger partial charge on any atom is 0.127 e. The molecule has 2 aromatic heterocycles. The van der Waals surface area contributed by atoms with Crippen molar-refractivity contribution in [1.29, 1.82) is 0 Å². The molecule has 14 heavy (non-hydrogen) atoms. The lowest BCUT2D eigenvalue weighted by Gasteiger charge is -2.04. The summed E-state index contributed by atoms with van der Waals surface area (Å²) in [7, 11) is 0. The van der Waals surface area contributed by atoms with Crippen LogP contribution < -0.4 is 5.73 Å². The Balaban J connectivity index is 2.23. The van der Waals surface area contributed by atoms with Crippen LogP contribution in [-0.2, 0) is 6.54 Å². The predicted octanol–water partition coefficient (Wildman–Crippen LogP) is 0.674. The third kappa shape index (κ3) is 1.54. The van der Waals surface area contributed by atoms with Gasteiger partial charge in [0.1, 0.15) is 5.82 Å². The highest BCUT2D eigenvalue weighted by molar-refractivity contribution is 5.18. The van der Waals surface area contributed by atoms with E-state index in [4.69, 9.17) is 5.73 Å². The number of aryl methyl sites for hydroxylation is 1. The van der Waals surface area contributed by atoms with Crippen LogP contribution in [0, 0.1) is 0 Å². The van der Waals surface area contributed by atoms with Gasteiger partial charge in [0.15, 0.2) is 0 Å². The summed E-state index contributed by atoms with van der Waals surface area (Å²) >= 11 is 0. The molecule has 0 aliphatic heterocycles. The van der Waals surface area contributed by atoms with Crippen LogP contribution in [0.15, 0.2) is 24.8 Å². The van der Waals surface area contributed by atoms with Crippen LogP contribution in [0.2, 0.25) is 0 Å². The van der Waals surface area contributed by atoms with Crippen molar-refractivity contribution in [3.63, 3.8) is 0 Å². The lowest BCUT2D eigenvalue weighted by atomic mass is 10.2. The molecule has 0 amide bonds. The molecule has 0 radical (unpaired) electrons. The van der Waals surface area contributed by atoms with Gasteiger partial charge in [0.25, 0.3) is 0 Å². The molecule has 2 rings (SSSR count). The van der Waals surface area contributed by atoms with E-state index in [2.05, 4.69) is 15.1 Å². The maximum atomic E-state index is 5.98. The van der Waals surface area contributed by atoms with Gasteiger partial charge in [-0.05, 0) is 6.92 Å². The molecule has 1 atom stereocenters. The summed E-state index contributed by atoms with van der Waals surface area (Å²) < 4.78 is 1.85. The van der Waals surface area contributed by atoms with E-state index in [1.54, 1.807) is 18.6 Å². The van der Waals surface area contributed by atoms with Gasteiger partial charge in [-0.25, -0.2) is 4.98 Å². The van der Waals surface area contributed by atoms with Crippen LogP contribution >= 0.6 is 0 Å². The molecule has 0 aromatic carbocycles. The molecule has 0 saturated heterocycles. The fourth-order valence-corrected chi connectivity index (χ4v) is 1.32. The van der Waals surface area contributed by atoms with Gasteiger partial charge in [0, 0.05) is 30.7 Å². The summed E-state index contributed by atoms with van der Waals surface area (Å²) in [6, 6.07) is -0.217. The lowest BCUT2D eigenvalue weighted by Crippen LogP contribution is -2.12. The fourth-order valence-electron chi connectivity index (χ4n) is 1.32. The number of hydrogen-bond donors (Lipinski definition) is 2. The van der Waals surface area contributed by atoms with Gasteiger partial charge in [-0.2, -0.15) is 5.10 Å². The van der Waals surface area contributed by atoms with Gasteiger partial charge in [-0.15, -0.1) is 0 Å². The number of nitrogens with zero attached hydrogens (tertiary/aromatic N) is 3. The monoisotopic (exact) mass is 191 g/mol. The smallest absolute Gasteiger partial charge is 0.127 e. The Labute approximate surface area is 82.0 Å². The van der Waals surface area contributed by atoms with E-state index >= 15 is 0 Å². The topological polar surface area (TPSA) is 72.5 Å². The Morgan fingerprint density at radius 3 is 3.07 bits per heavy atom. The molecular weight excluding hydrogens is 178 g/mol. The van der Waals surface area contributed by atoms with Gasteiger partial charge in [-0.1, -0.05) is 0 Å². The van der Waals surface area contributed by atoms with E-state index in [0.717, 1.165) is 17.9 Å². The van der Waals surface area contributed by atoms with E-state index in [1.165, 1.54) is 0 Å². The quantitative estimate of drug-likeness (QED) is 0.749. The molecule has 1 unspecified atom stereocenters. The minimum absolute atomic E-state index is 0.217. The first-order valence-electron chi connectivity index (χ1n) is 4.58. The van der Waals surface area contributed by atoms with Crippen molar-refractivity contribution in [2.45, 2.75) is 19.5 Å². The lowest BCUT2D eigenvalue weighted by molar-refractivity contribution is 0.658. The standard InChI is InChI=1S/C9H13N5/c1-2-14-6-7(5-13-14)8(10)9-11-3-4-12-9/h3-6,8H,2,10H2,1H3,(H,11,12). The summed E-state index contributed by atoms with van der Waals surface area (Å²) in [5, 5.41) is 4.16. The van der Waals surface area contributed by atoms with Gasteiger partial charge >= 0.3 is 0 Å². The zero-order chi connectivity index (χ0) is 9.97. The molecule has 0 spiro atoms. The fraction of sp³-hybridized carbons (Fsp3) is 0.333. The second-order valence-corrected chi connectivity index (χ2v) is 3.08. The minimum Gasteiger partial charge on any atom is -0.347 e. The van der Waals surface area contributed by atoms with Crippen molar-refractivity contribution < 1.29 is 0 Å². The van der Waals surface area contributed by atoms with Crippen LogP contribution in [0.5, 0.6) is 0 Å². The molecule has 0 saturated carbocycles. The first-order chi connectivity index (χ1) is 6.81. The summed E-state index contributed by atoms with van der Waals surface area (Å²) in [6.45, 7) is 2.89. The summed E-state index contributed by atoms with van der Waals surface area (Å²) in [5.41, 5.74) is 6.96. The molecule has 0 aliphatic carbocycles. The van der Waals surface area contributed by atoms with Gasteiger partial charge in [0.05, 0.1) is 12.2 Å². The average Bonchev–Trinajstić information content (AvgIpc) is 2.88. The van der Waals surface area contributed by atoms with Crippen molar-refractivity contribution >= 4 is 0 Å². The van der Waals surface area contributed by atoms with Crippen LogP contribution in [0.1, 0.15) is 24.4 Å². The van der Waals surface area contributed by atoms with Crippen LogP contribution in [0.25, 0.3) is 0 Å². The van der Waals surface area contributed by atoms with Crippen LogP contribution in [0.3, 0.4) is 0 Å². The van der Waals surface area contributed by atoms with Crippen LogP contribution in [0.4, 0.5) is 0 Å². The highest BCUT2D eigenvalue weighted by Gasteiger charge is 2.12. The van der Waals surface area contributed by atoms with Gasteiger partial charge in [-0.3, -0.25) is 4.68 Å². The van der Waals surface area contributed by atoms with E-state index in [0.29, 0.717) is 0 Å². The maximum absolute atomic E-state index is 5.98. The number of rotatable bonds is 3. The predicted molar refractivity (Wildman–Crippen MR) is 52.5 cm³/mol. The molecule has 74 valence electrons. The van der Waals surface area contributed by atoms with Crippen molar-refractivity contribution in [3.05, 3.63) is 36.2 Å². The highest BCUT2D eigenvalue weighted by atomic mass is 15.3. The number of hydrogen-bond acceptors (Lipinski definition) is 3. The number of nitrogens with one attached hydrogen (secondary N) is 1. The van der Waals surface area contributed by atoms with E-state index in [-0.39, 0.29) is 6.04 Å². The highest BCUT2D eigenvalue weighted by Crippen LogP contribution is 2.14. The second-order valence-electron chi connectivity index (χ2n) is 3.08. The number of nitrogens with two attached hydrogens (primary N) is 1. The van der Waals surface area contributed by atoms with E-state index < -0.39 is 0 Å². The average molecular weight is 191 g/mol. The molecule has 2 aromatic rings. The molecule has 0 aliphatic rings. The van der Waals surface area contributed by atoms with Crippen molar-refractivity contribution in [2.75, 3.05) is 0 Å². The van der Waals surface area contributed by atoms with E-state index in [9.17, 15) is 0 Å². The van der Waals surface area contributed by atoms with Crippen molar-refractivity contribution in [1.82, 2.24) is 19.7 Å². The van der Waals surface area contributed by atoms with E-state index in [1.807, 2.05) is 17.8 Å². The molecular formula is C9H13N5. The first-order valence-corrected chi connectivity index (χ1v) is 4.58. The number of aromatic amines is 1. The Kier molecular flexibility index (Phi) is 2.32. The molecule has 5 heteroatoms. The number of H-pyrrole nitrogens is 1. The molecule has 2 heterocycles. The Hall–Kier alpha value is -1.62. The van der Waals surface area contributed by atoms with Gasteiger partial charge in [0.2, 0.25) is 0 Å². The minimum atomic E-state index is -0.217. The second kappa shape index (κ2) is 3.63. The third-order valence-corrected chi connectivity index (χ3v) is 2.15. The number of imidazole rings is 1. The van der Waals surface area contributed by atoms with Crippen LogP contribution in [-0.4, -0.2) is 19.7 Å². The Morgan fingerprint density at radius 1 is 1.64 bits per heavy atom. The Bertz CT molecular complexity index is 389. The normalized spacial score (nSPS) is 13.0. The molecule has 0 bridgehead atoms. The molecule has 5 nitrogen and oxygen atoms in total. The summed E-state index contributed by atoms with van der Waals surface area (Å²) in [5.74, 6) is 0.764. The Morgan fingerprint density at radius 2 is 2.50 bits per heavy atom. The number of aromatic nitrogens is 4. The third-order valence-electron chi connectivity index (χ3n) is 2.15. The summed E-state index contributed by atoms with van der Waals surface area (Å²) in [6.07, 6.45) is 7.17. The molecule has 0 fully saturated rings. The van der Waals surface area contributed by atoms with Crippen molar-refractivity contribution in [3.8, 4) is 0 Å². The zero-order valence-electron chi connectivity index (χ0n) is 8.01. The zero-order valence-corrected chi connectivity index (χ0v) is 8.01. The van der Waals surface area contributed by atoms with Crippen molar-refractivity contribution in [2.24, 2.45) is 5.73 Å². The summed E-state index contributed by atoms with van der Waals surface area (Å²) in [4.78, 5) is 7.10. The van der Waals surface area contributed by atoms with Gasteiger partial charge < -0.3 is 10.7 Å². The molecule has 3 N–H and O–H groups in total.